The molecule has 0 spiro atoms. The van der Waals surface area contributed by atoms with Gasteiger partial charge in [-0.05, 0) is 27.0 Å². The fourth-order valence-electron chi connectivity index (χ4n) is 3.67. The molecule has 0 fully saturated rings. The van der Waals surface area contributed by atoms with Crippen LogP contribution in [0.2, 0.25) is 0 Å². The number of hydrogen-bond donors (Lipinski definition) is 2. The monoisotopic (exact) mass is 453 g/mol. The molecule has 176 valence electrons. The average molecular weight is 454 g/mol. The number of nitrogens with zero attached hydrogens (tertiary/aromatic N) is 5. The third-order valence-corrected chi connectivity index (χ3v) is 5.50. The van der Waals surface area contributed by atoms with Crippen molar-refractivity contribution >= 4 is 5.91 Å². The summed E-state index contributed by atoms with van der Waals surface area (Å²) in [5.41, 5.74) is 1.79. The molecule has 2 aromatic heterocycles. The molecule has 4 atom stereocenters. The van der Waals surface area contributed by atoms with Crippen molar-refractivity contribution in [2.45, 2.75) is 45.6 Å². The summed E-state index contributed by atoms with van der Waals surface area (Å²) in [6.07, 6.45) is 5.56. The minimum Gasteiger partial charge on any atom is -0.472 e. The Hall–Kier alpha value is -3.06. The number of aliphatic hydroxyl groups excluding tert-OH is 2. The molecular formula is C24H31N5O4. The molecule has 0 aromatic carbocycles. The zero-order valence-electron chi connectivity index (χ0n) is 19.5. The Morgan fingerprint density at radius 2 is 2.03 bits per heavy atom. The molecule has 0 saturated carbocycles. The van der Waals surface area contributed by atoms with Gasteiger partial charge in [0.05, 0.1) is 12.6 Å². The standard InChI is InChI=1S/C24H31N5O4/c1-16-11-29(17(2)14-30)24(32)21-7-19(6-5-18(3)31)10-27-23(21)33-22(16)13-28(4)12-20-8-25-15-26-9-20/h7-10,15-18,22,30-31H,11-14H2,1-4H3/t16-,17+,18-,22+/m1/s1. The third kappa shape index (κ3) is 6.48. The largest absolute Gasteiger partial charge is 0.472 e. The highest BCUT2D eigenvalue weighted by atomic mass is 16.5. The van der Waals surface area contributed by atoms with E-state index in [0.717, 1.165) is 5.56 Å². The van der Waals surface area contributed by atoms with E-state index in [1.807, 2.05) is 20.9 Å². The van der Waals surface area contributed by atoms with E-state index in [4.69, 9.17) is 4.74 Å². The normalized spacial score (nSPS) is 20.1. The summed E-state index contributed by atoms with van der Waals surface area (Å²) in [5.74, 6) is 5.46. The highest BCUT2D eigenvalue weighted by Crippen LogP contribution is 2.27. The van der Waals surface area contributed by atoms with Crippen LogP contribution in [-0.4, -0.2) is 85.9 Å². The Bertz CT molecular complexity index is 1000. The molecular weight excluding hydrogens is 422 g/mol. The molecule has 1 aliphatic heterocycles. The summed E-state index contributed by atoms with van der Waals surface area (Å²) in [4.78, 5) is 29.7. The Labute approximate surface area is 194 Å². The number of rotatable bonds is 6. The van der Waals surface area contributed by atoms with Crippen LogP contribution in [0.1, 0.15) is 42.3 Å². The molecule has 0 aliphatic carbocycles. The number of ether oxygens (including phenoxy) is 1. The number of fused-ring (bicyclic) bond motifs is 1. The zero-order chi connectivity index (χ0) is 24.0. The van der Waals surface area contributed by atoms with Crippen LogP contribution < -0.4 is 4.74 Å². The summed E-state index contributed by atoms with van der Waals surface area (Å²) in [5, 5.41) is 19.2. The van der Waals surface area contributed by atoms with Crippen molar-refractivity contribution in [2.75, 3.05) is 26.7 Å². The highest BCUT2D eigenvalue weighted by Gasteiger charge is 2.34. The van der Waals surface area contributed by atoms with Gasteiger partial charge < -0.3 is 19.8 Å². The lowest BCUT2D eigenvalue weighted by molar-refractivity contribution is 0.0325. The van der Waals surface area contributed by atoms with Crippen LogP contribution in [0.15, 0.2) is 31.0 Å². The smallest absolute Gasteiger partial charge is 0.259 e. The molecule has 0 unspecified atom stereocenters. The molecule has 3 rings (SSSR count). The van der Waals surface area contributed by atoms with Gasteiger partial charge in [-0.3, -0.25) is 9.69 Å². The molecule has 3 heterocycles. The second-order valence-corrected chi connectivity index (χ2v) is 8.59. The lowest BCUT2D eigenvalue weighted by Crippen LogP contribution is -2.49. The van der Waals surface area contributed by atoms with Gasteiger partial charge in [-0.1, -0.05) is 18.8 Å². The number of hydrogen-bond acceptors (Lipinski definition) is 8. The van der Waals surface area contributed by atoms with Gasteiger partial charge in [0, 0.05) is 55.3 Å². The lowest BCUT2D eigenvalue weighted by Gasteiger charge is -2.37. The second-order valence-electron chi connectivity index (χ2n) is 8.59. The predicted molar refractivity (Wildman–Crippen MR) is 122 cm³/mol. The molecule has 33 heavy (non-hydrogen) atoms. The molecule has 9 nitrogen and oxygen atoms in total. The van der Waals surface area contributed by atoms with Gasteiger partial charge in [0.15, 0.2) is 0 Å². The molecule has 2 aromatic rings. The fourth-order valence-corrected chi connectivity index (χ4v) is 3.67. The van der Waals surface area contributed by atoms with E-state index in [-0.39, 0.29) is 36.5 Å². The fraction of sp³-hybridized carbons (Fsp3) is 0.500. The van der Waals surface area contributed by atoms with Crippen LogP contribution in [0.3, 0.4) is 0 Å². The Morgan fingerprint density at radius 3 is 2.70 bits per heavy atom. The highest BCUT2D eigenvalue weighted by molar-refractivity contribution is 5.97. The summed E-state index contributed by atoms with van der Waals surface area (Å²) in [6, 6.07) is 1.27. The molecule has 1 amide bonds. The molecule has 1 aliphatic rings. The van der Waals surface area contributed by atoms with Crippen LogP contribution >= 0.6 is 0 Å². The van der Waals surface area contributed by atoms with Crippen molar-refractivity contribution in [2.24, 2.45) is 5.92 Å². The number of pyridine rings is 1. The summed E-state index contributed by atoms with van der Waals surface area (Å²) >= 11 is 0. The SMILES string of the molecule is C[C@@H]1CN([C@@H](C)CO)C(=O)c2cc(C#C[C@@H](C)O)cnc2O[C@H]1CN(C)Cc1cncnc1. The maximum Gasteiger partial charge on any atom is 0.259 e. The van der Waals surface area contributed by atoms with Crippen molar-refractivity contribution in [3.05, 3.63) is 47.7 Å². The first-order valence-electron chi connectivity index (χ1n) is 11.0. The first kappa shape index (κ1) is 24.6. The maximum absolute atomic E-state index is 13.4. The van der Waals surface area contributed by atoms with E-state index >= 15 is 0 Å². The van der Waals surface area contributed by atoms with Gasteiger partial charge in [0.25, 0.3) is 5.91 Å². The van der Waals surface area contributed by atoms with Crippen LogP contribution in [0.4, 0.5) is 0 Å². The second kappa shape index (κ2) is 11.2. The van der Waals surface area contributed by atoms with E-state index in [0.29, 0.717) is 30.8 Å². The summed E-state index contributed by atoms with van der Waals surface area (Å²) in [6.45, 7) is 6.93. The van der Waals surface area contributed by atoms with E-state index in [2.05, 4.69) is 31.7 Å². The van der Waals surface area contributed by atoms with Crippen molar-refractivity contribution < 1.29 is 19.7 Å². The van der Waals surface area contributed by atoms with E-state index < -0.39 is 6.10 Å². The topological polar surface area (TPSA) is 112 Å². The summed E-state index contributed by atoms with van der Waals surface area (Å²) in [7, 11) is 1.99. The first-order valence-corrected chi connectivity index (χ1v) is 11.0. The van der Waals surface area contributed by atoms with Crippen molar-refractivity contribution in [3.8, 4) is 17.7 Å². The molecule has 0 saturated heterocycles. The molecule has 9 heteroatoms. The maximum atomic E-state index is 13.4. The van der Waals surface area contributed by atoms with Crippen molar-refractivity contribution in [1.82, 2.24) is 24.8 Å². The third-order valence-electron chi connectivity index (χ3n) is 5.50. The van der Waals surface area contributed by atoms with Gasteiger partial charge in [-0.15, -0.1) is 0 Å². The minimum atomic E-state index is -0.791. The number of likely N-dealkylation sites (N-methyl/N-ethyl adjacent to an activating group) is 1. The Balaban J connectivity index is 1.91. The Kier molecular flexibility index (Phi) is 8.33. The van der Waals surface area contributed by atoms with Gasteiger partial charge in [0.1, 0.15) is 24.1 Å². The minimum absolute atomic E-state index is 0.0120. The number of amides is 1. The quantitative estimate of drug-likeness (QED) is 0.622. The lowest BCUT2D eigenvalue weighted by atomic mass is 9.99. The van der Waals surface area contributed by atoms with E-state index in [9.17, 15) is 15.0 Å². The molecule has 0 bridgehead atoms. The molecule has 2 N–H and O–H groups in total. The summed E-state index contributed by atoms with van der Waals surface area (Å²) < 4.78 is 6.28. The van der Waals surface area contributed by atoms with E-state index in [1.165, 1.54) is 12.5 Å². The number of carbonyl (C=O) groups is 1. The van der Waals surface area contributed by atoms with Gasteiger partial charge >= 0.3 is 0 Å². The van der Waals surface area contributed by atoms with Gasteiger partial charge in [0.2, 0.25) is 5.88 Å². The van der Waals surface area contributed by atoms with Gasteiger partial charge in [-0.25, -0.2) is 15.0 Å². The number of aromatic nitrogens is 3. The predicted octanol–water partition coefficient (Wildman–Crippen LogP) is 0.956. The van der Waals surface area contributed by atoms with E-state index in [1.54, 1.807) is 30.3 Å². The average Bonchev–Trinajstić information content (AvgIpc) is 2.80. The number of aliphatic hydroxyl groups is 2. The first-order chi connectivity index (χ1) is 15.8. The van der Waals surface area contributed by atoms with Crippen LogP contribution in [0.5, 0.6) is 5.88 Å². The van der Waals surface area contributed by atoms with Gasteiger partial charge in [-0.2, -0.15) is 0 Å². The van der Waals surface area contributed by atoms with Crippen molar-refractivity contribution in [1.29, 1.82) is 0 Å². The zero-order valence-corrected chi connectivity index (χ0v) is 19.5. The number of carbonyl (C=O) groups excluding carboxylic acids is 1. The van der Waals surface area contributed by atoms with Crippen molar-refractivity contribution in [3.63, 3.8) is 0 Å². The van der Waals surface area contributed by atoms with Crippen LogP contribution in [0.25, 0.3) is 0 Å². The Morgan fingerprint density at radius 1 is 1.30 bits per heavy atom. The van der Waals surface area contributed by atoms with Crippen LogP contribution in [-0.2, 0) is 6.54 Å². The van der Waals surface area contributed by atoms with Crippen LogP contribution in [0, 0.1) is 17.8 Å². The molecule has 0 radical (unpaired) electrons.